The van der Waals surface area contributed by atoms with Gasteiger partial charge in [0.15, 0.2) is 5.82 Å². The molecule has 2 N–H and O–H groups in total. The summed E-state index contributed by atoms with van der Waals surface area (Å²) in [6.45, 7) is 7.51. The molecule has 184 valence electrons. The van der Waals surface area contributed by atoms with Gasteiger partial charge < -0.3 is 24.7 Å². The van der Waals surface area contributed by atoms with Gasteiger partial charge in [0.1, 0.15) is 5.75 Å². The van der Waals surface area contributed by atoms with Crippen molar-refractivity contribution in [3.05, 3.63) is 56.8 Å². The molecule has 4 rings (SSSR count). The zero-order valence-corrected chi connectivity index (χ0v) is 20.2. The molecule has 1 saturated heterocycles. The Morgan fingerprint density at radius 2 is 1.94 bits per heavy atom. The van der Waals surface area contributed by atoms with Crippen LogP contribution in [0.15, 0.2) is 23.0 Å². The molecule has 0 unspecified atom stereocenters. The van der Waals surface area contributed by atoms with Crippen LogP contribution in [0.25, 0.3) is 0 Å². The van der Waals surface area contributed by atoms with Gasteiger partial charge in [-0.2, -0.15) is 0 Å². The van der Waals surface area contributed by atoms with E-state index in [1.165, 1.54) is 6.07 Å². The maximum atomic E-state index is 15.8. The quantitative estimate of drug-likeness (QED) is 0.608. The predicted octanol–water partition coefficient (Wildman–Crippen LogP) is 4.00. The number of anilines is 1. The van der Waals surface area contributed by atoms with E-state index in [4.69, 9.17) is 9.47 Å². The van der Waals surface area contributed by atoms with Crippen molar-refractivity contribution in [1.82, 2.24) is 10.3 Å². The second-order valence-electron chi connectivity index (χ2n) is 9.23. The summed E-state index contributed by atoms with van der Waals surface area (Å²) >= 11 is 0. The standard InChI is InChI=1S/C26H34FN3O4/c1-4-30(18-8-10-33-11-9-18)23-14-20(34-19-6-5-7-19)13-21(24(23)27)25(31)28-15-22-16(2)12-17(3)29-26(22)32/h12-14,18-19H,4-11,15H2,1-3H3,(H,28,31)(H,29,32). The summed E-state index contributed by atoms with van der Waals surface area (Å²) in [6, 6.07) is 5.19. The van der Waals surface area contributed by atoms with Crippen molar-refractivity contribution in [3.63, 3.8) is 0 Å². The summed E-state index contributed by atoms with van der Waals surface area (Å²) in [6.07, 6.45) is 4.74. The van der Waals surface area contributed by atoms with E-state index in [9.17, 15) is 9.59 Å². The first-order valence-electron chi connectivity index (χ1n) is 12.2. The van der Waals surface area contributed by atoms with Gasteiger partial charge in [-0.1, -0.05) is 0 Å². The normalized spacial score (nSPS) is 16.7. The molecule has 2 aliphatic rings. The van der Waals surface area contributed by atoms with Crippen LogP contribution in [0.3, 0.4) is 0 Å². The Morgan fingerprint density at radius 1 is 1.21 bits per heavy atom. The average molecular weight is 472 g/mol. The molecule has 2 heterocycles. The van der Waals surface area contributed by atoms with Gasteiger partial charge >= 0.3 is 0 Å². The minimum absolute atomic E-state index is 0.0141. The van der Waals surface area contributed by atoms with E-state index in [2.05, 4.69) is 10.3 Å². The van der Waals surface area contributed by atoms with E-state index in [0.717, 1.165) is 43.4 Å². The number of H-pyrrole nitrogens is 1. The van der Waals surface area contributed by atoms with Crippen LogP contribution in [0.2, 0.25) is 0 Å². The number of hydrogen-bond donors (Lipinski definition) is 2. The summed E-state index contributed by atoms with van der Waals surface area (Å²) in [5, 5.41) is 2.74. The fraction of sp³-hybridized carbons (Fsp3) is 0.538. The number of benzene rings is 1. The Kier molecular flexibility index (Phi) is 7.56. The third-order valence-electron chi connectivity index (χ3n) is 6.83. The van der Waals surface area contributed by atoms with Gasteiger partial charge in [0, 0.05) is 49.7 Å². The van der Waals surface area contributed by atoms with Gasteiger partial charge in [0.2, 0.25) is 0 Å². The molecule has 8 heteroatoms. The molecule has 1 aromatic heterocycles. The van der Waals surface area contributed by atoms with E-state index in [1.807, 2.05) is 24.8 Å². The lowest BCUT2D eigenvalue weighted by Gasteiger charge is -2.36. The number of carbonyl (C=O) groups excluding carboxylic acids is 1. The highest BCUT2D eigenvalue weighted by Gasteiger charge is 2.28. The molecule has 1 aliphatic heterocycles. The van der Waals surface area contributed by atoms with Crippen LogP contribution in [0.1, 0.15) is 66.2 Å². The first-order chi connectivity index (χ1) is 16.4. The molecular formula is C26H34FN3O4. The van der Waals surface area contributed by atoms with Gasteiger partial charge in [0.25, 0.3) is 11.5 Å². The van der Waals surface area contributed by atoms with Gasteiger partial charge in [-0.3, -0.25) is 9.59 Å². The van der Waals surface area contributed by atoms with E-state index < -0.39 is 11.7 Å². The van der Waals surface area contributed by atoms with E-state index in [0.29, 0.717) is 36.8 Å². The summed E-state index contributed by atoms with van der Waals surface area (Å²) in [5.74, 6) is -0.636. The summed E-state index contributed by atoms with van der Waals surface area (Å²) < 4.78 is 27.4. The first kappa shape index (κ1) is 24.3. The number of pyridine rings is 1. The van der Waals surface area contributed by atoms with Crippen LogP contribution >= 0.6 is 0 Å². The van der Waals surface area contributed by atoms with Gasteiger partial charge in [-0.05, 0) is 70.6 Å². The molecule has 1 saturated carbocycles. The van der Waals surface area contributed by atoms with Crippen molar-refractivity contribution in [2.45, 2.75) is 71.6 Å². The number of rotatable bonds is 8. The van der Waals surface area contributed by atoms with Crippen LogP contribution in [0.4, 0.5) is 10.1 Å². The number of hydrogen-bond acceptors (Lipinski definition) is 5. The highest BCUT2D eigenvalue weighted by molar-refractivity contribution is 5.96. The Bertz CT molecular complexity index is 1090. The number of nitrogens with one attached hydrogen (secondary N) is 2. The third kappa shape index (κ3) is 5.27. The number of aromatic nitrogens is 1. The third-order valence-corrected chi connectivity index (χ3v) is 6.83. The second kappa shape index (κ2) is 10.6. The average Bonchev–Trinajstić information content (AvgIpc) is 2.78. The smallest absolute Gasteiger partial charge is 0.254 e. The molecule has 2 aromatic rings. The molecule has 34 heavy (non-hydrogen) atoms. The number of nitrogens with zero attached hydrogens (tertiary/aromatic N) is 1. The van der Waals surface area contributed by atoms with E-state index in [1.54, 1.807) is 13.0 Å². The highest BCUT2D eigenvalue weighted by Crippen LogP contribution is 2.34. The summed E-state index contributed by atoms with van der Waals surface area (Å²) in [5.41, 5.74) is 2.04. The van der Waals surface area contributed by atoms with Gasteiger partial charge in [-0.25, -0.2) is 4.39 Å². The lowest BCUT2D eigenvalue weighted by atomic mass is 9.96. The molecule has 0 spiro atoms. The fourth-order valence-electron chi connectivity index (χ4n) is 4.69. The highest BCUT2D eigenvalue weighted by atomic mass is 19.1. The summed E-state index contributed by atoms with van der Waals surface area (Å²) in [7, 11) is 0. The van der Waals surface area contributed by atoms with Crippen molar-refractivity contribution in [2.75, 3.05) is 24.7 Å². The predicted molar refractivity (Wildman–Crippen MR) is 129 cm³/mol. The molecule has 2 fully saturated rings. The number of aromatic amines is 1. The molecule has 0 radical (unpaired) electrons. The van der Waals surface area contributed by atoms with Crippen molar-refractivity contribution in [3.8, 4) is 5.75 Å². The van der Waals surface area contributed by atoms with E-state index in [-0.39, 0.29) is 29.8 Å². The van der Waals surface area contributed by atoms with Crippen LogP contribution < -0.4 is 20.5 Å². The maximum absolute atomic E-state index is 15.8. The molecule has 0 atom stereocenters. The SMILES string of the molecule is CCN(c1cc(OC2CCC2)cc(C(=O)NCc2c(C)cc(C)[nH]c2=O)c1F)C1CCOCC1. The molecule has 1 amide bonds. The summed E-state index contributed by atoms with van der Waals surface area (Å²) in [4.78, 5) is 30.2. The number of ether oxygens (including phenoxy) is 2. The van der Waals surface area contributed by atoms with Crippen LogP contribution in [0.5, 0.6) is 5.75 Å². The Morgan fingerprint density at radius 3 is 2.56 bits per heavy atom. The van der Waals surface area contributed by atoms with E-state index >= 15 is 4.39 Å². The number of carbonyl (C=O) groups is 1. The number of aryl methyl sites for hydroxylation is 2. The molecular weight excluding hydrogens is 437 g/mol. The molecule has 1 aromatic carbocycles. The number of halogens is 1. The zero-order valence-electron chi connectivity index (χ0n) is 20.2. The van der Waals surface area contributed by atoms with Crippen molar-refractivity contribution >= 4 is 11.6 Å². The van der Waals surface area contributed by atoms with Crippen molar-refractivity contribution in [2.24, 2.45) is 0 Å². The Balaban J connectivity index is 1.63. The largest absolute Gasteiger partial charge is 0.490 e. The van der Waals surface area contributed by atoms with Crippen molar-refractivity contribution < 1.29 is 18.7 Å². The second-order valence-corrected chi connectivity index (χ2v) is 9.23. The molecule has 1 aliphatic carbocycles. The zero-order chi connectivity index (χ0) is 24.2. The lowest BCUT2D eigenvalue weighted by Crippen LogP contribution is -2.40. The molecule has 7 nitrogen and oxygen atoms in total. The minimum Gasteiger partial charge on any atom is -0.490 e. The Hall–Kier alpha value is -2.87. The van der Waals surface area contributed by atoms with Crippen LogP contribution in [0, 0.1) is 19.7 Å². The fourth-order valence-corrected chi connectivity index (χ4v) is 4.69. The van der Waals surface area contributed by atoms with Crippen LogP contribution in [-0.4, -0.2) is 42.8 Å². The van der Waals surface area contributed by atoms with Gasteiger partial charge in [-0.15, -0.1) is 0 Å². The number of amides is 1. The monoisotopic (exact) mass is 471 g/mol. The Labute approximate surface area is 199 Å². The molecule has 0 bridgehead atoms. The first-order valence-corrected chi connectivity index (χ1v) is 12.2. The van der Waals surface area contributed by atoms with Gasteiger partial charge in [0.05, 0.1) is 17.4 Å². The lowest BCUT2D eigenvalue weighted by molar-refractivity contribution is 0.0843. The van der Waals surface area contributed by atoms with Crippen LogP contribution in [-0.2, 0) is 11.3 Å². The minimum atomic E-state index is -0.569. The topological polar surface area (TPSA) is 83.7 Å². The maximum Gasteiger partial charge on any atom is 0.254 e. The van der Waals surface area contributed by atoms with Crippen molar-refractivity contribution in [1.29, 1.82) is 0 Å².